The molecular weight excluding hydrogens is 407 g/mol. The van der Waals surface area contributed by atoms with E-state index in [-0.39, 0.29) is 30.8 Å². The number of hydrogen-bond donors (Lipinski definition) is 1. The number of amides is 2. The zero-order chi connectivity index (χ0) is 21.6. The van der Waals surface area contributed by atoms with E-state index in [1.807, 2.05) is 58.0 Å². The first-order chi connectivity index (χ1) is 13.7. The van der Waals surface area contributed by atoms with Crippen LogP contribution in [0.4, 0.5) is 0 Å². The predicted molar refractivity (Wildman–Crippen MR) is 119 cm³/mol. The van der Waals surface area contributed by atoms with Crippen molar-refractivity contribution in [1.29, 1.82) is 0 Å². The molecule has 0 aliphatic rings. The van der Waals surface area contributed by atoms with Crippen molar-refractivity contribution in [2.75, 3.05) is 0 Å². The van der Waals surface area contributed by atoms with Gasteiger partial charge in [0.25, 0.3) is 0 Å². The van der Waals surface area contributed by atoms with Gasteiger partial charge in [0.15, 0.2) is 0 Å². The van der Waals surface area contributed by atoms with E-state index < -0.39 is 6.04 Å². The summed E-state index contributed by atoms with van der Waals surface area (Å²) >= 11 is 12.2. The number of aryl methyl sites for hydroxylation is 1. The first-order valence-electron chi connectivity index (χ1n) is 9.81. The van der Waals surface area contributed by atoms with Crippen LogP contribution in [0.15, 0.2) is 42.5 Å². The highest BCUT2D eigenvalue weighted by Gasteiger charge is 2.29. The Labute approximate surface area is 183 Å². The maximum absolute atomic E-state index is 13.3. The fourth-order valence-corrected chi connectivity index (χ4v) is 3.53. The van der Waals surface area contributed by atoms with E-state index >= 15 is 0 Å². The Morgan fingerprint density at radius 3 is 2.34 bits per heavy atom. The molecule has 4 nitrogen and oxygen atoms in total. The Morgan fingerprint density at radius 2 is 1.76 bits per heavy atom. The summed E-state index contributed by atoms with van der Waals surface area (Å²) < 4.78 is 0. The Kier molecular flexibility index (Phi) is 8.54. The molecule has 0 heterocycles. The van der Waals surface area contributed by atoms with Gasteiger partial charge in [-0.3, -0.25) is 9.59 Å². The Bertz CT molecular complexity index is 868. The molecule has 6 heteroatoms. The maximum atomic E-state index is 13.3. The number of carbonyl (C=O) groups is 2. The third-order valence-electron chi connectivity index (χ3n) is 4.76. The maximum Gasteiger partial charge on any atom is 0.243 e. The van der Waals surface area contributed by atoms with Gasteiger partial charge in [-0.1, -0.05) is 60.5 Å². The second-order valence-electron chi connectivity index (χ2n) is 7.46. The molecule has 0 aliphatic carbocycles. The van der Waals surface area contributed by atoms with Crippen molar-refractivity contribution in [1.82, 2.24) is 10.2 Å². The molecule has 0 bridgehead atoms. The summed E-state index contributed by atoms with van der Waals surface area (Å²) in [4.78, 5) is 27.8. The van der Waals surface area contributed by atoms with Crippen molar-refractivity contribution in [2.24, 2.45) is 0 Å². The number of halogens is 2. The number of nitrogens with zero attached hydrogens (tertiary/aromatic N) is 1. The van der Waals surface area contributed by atoms with Crippen LogP contribution < -0.4 is 5.32 Å². The van der Waals surface area contributed by atoms with Gasteiger partial charge >= 0.3 is 0 Å². The Balaban J connectivity index is 2.34. The van der Waals surface area contributed by atoms with E-state index in [1.165, 1.54) is 0 Å². The molecular formula is C23H28Cl2N2O2. The third-order valence-corrected chi connectivity index (χ3v) is 5.50. The van der Waals surface area contributed by atoms with Crippen LogP contribution in [0.1, 0.15) is 43.9 Å². The van der Waals surface area contributed by atoms with Gasteiger partial charge in [-0.2, -0.15) is 0 Å². The zero-order valence-corrected chi connectivity index (χ0v) is 18.8. The molecule has 1 N–H and O–H groups in total. The van der Waals surface area contributed by atoms with E-state index in [4.69, 9.17) is 23.2 Å². The molecule has 156 valence electrons. The van der Waals surface area contributed by atoms with Gasteiger partial charge in [-0.25, -0.2) is 0 Å². The lowest BCUT2D eigenvalue weighted by atomic mass is 10.0. The lowest BCUT2D eigenvalue weighted by molar-refractivity contribution is -0.141. The molecule has 1 atom stereocenters. The van der Waals surface area contributed by atoms with Gasteiger partial charge in [0.2, 0.25) is 11.8 Å². The van der Waals surface area contributed by atoms with Gasteiger partial charge in [0, 0.05) is 12.6 Å². The molecule has 0 saturated heterocycles. The van der Waals surface area contributed by atoms with E-state index in [0.29, 0.717) is 16.5 Å². The van der Waals surface area contributed by atoms with E-state index in [1.54, 1.807) is 17.0 Å². The van der Waals surface area contributed by atoms with Crippen LogP contribution in [-0.2, 0) is 22.6 Å². The molecule has 0 saturated carbocycles. The largest absolute Gasteiger partial charge is 0.352 e. The van der Waals surface area contributed by atoms with Crippen molar-refractivity contribution < 1.29 is 9.59 Å². The van der Waals surface area contributed by atoms with Crippen LogP contribution in [0, 0.1) is 6.92 Å². The summed E-state index contributed by atoms with van der Waals surface area (Å²) in [6.07, 6.45) is 0.749. The van der Waals surface area contributed by atoms with Crippen LogP contribution in [0.25, 0.3) is 0 Å². The molecule has 0 aromatic heterocycles. The second kappa shape index (κ2) is 10.7. The third kappa shape index (κ3) is 6.48. The van der Waals surface area contributed by atoms with E-state index in [0.717, 1.165) is 16.7 Å². The van der Waals surface area contributed by atoms with Crippen LogP contribution in [0.2, 0.25) is 10.0 Å². The van der Waals surface area contributed by atoms with Crippen LogP contribution in [-0.4, -0.2) is 28.8 Å². The van der Waals surface area contributed by atoms with Crippen LogP contribution in [0.3, 0.4) is 0 Å². The topological polar surface area (TPSA) is 49.4 Å². The highest BCUT2D eigenvalue weighted by atomic mass is 35.5. The number of hydrogen-bond acceptors (Lipinski definition) is 2. The van der Waals surface area contributed by atoms with Crippen molar-refractivity contribution >= 4 is 35.0 Å². The predicted octanol–water partition coefficient (Wildman–Crippen LogP) is 5.18. The second-order valence-corrected chi connectivity index (χ2v) is 8.28. The quantitative estimate of drug-likeness (QED) is 0.622. The Hall–Kier alpha value is -2.04. The number of carbonyl (C=O) groups excluding carboxylic acids is 2. The van der Waals surface area contributed by atoms with Crippen molar-refractivity contribution in [2.45, 2.75) is 59.2 Å². The van der Waals surface area contributed by atoms with Gasteiger partial charge in [0.05, 0.1) is 16.5 Å². The van der Waals surface area contributed by atoms with Crippen LogP contribution >= 0.6 is 23.2 Å². The summed E-state index contributed by atoms with van der Waals surface area (Å²) in [6, 6.07) is 12.5. The lowest BCUT2D eigenvalue weighted by Crippen LogP contribution is -2.50. The first-order valence-corrected chi connectivity index (χ1v) is 10.6. The average molecular weight is 435 g/mol. The molecule has 0 fully saturated rings. The normalized spacial score (nSPS) is 12.0. The minimum absolute atomic E-state index is 0.00477. The average Bonchev–Trinajstić information content (AvgIpc) is 2.65. The van der Waals surface area contributed by atoms with E-state index in [2.05, 4.69) is 5.32 Å². The summed E-state index contributed by atoms with van der Waals surface area (Å²) in [6.45, 7) is 7.99. The summed E-state index contributed by atoms with van der Waals surface area (Å²) in [5.41, 5.74) is 2.83. The molecule has 0 aliphatic heterocycles. The smallest absolute Gasteiger partial charge is 0.243 e. The van der Waals surface area contributed by atoms with E-state index in [9.17, 15) is 9.59 Å². The fraction of sp³-hybridized carbons (Fsp3) is 0.391. The monoisotopic (exact) mass is 434 g/mol. The number of nitrogens with one attached hydrogen (secondary N) is 1. The highest BCUT2D eigenvalue weighted by Crippen LogP contribution is 2.24. The minimum Gasteiger partial charge on any atom is -0.352 e. The molecule has 2 rings (SSSR count). The fourth-order valence-electron chi connectivity index (χ4n) is 3.21. The molecule has 0 radical (unpaired) electrons. The van der Waals surface area contributed by atoms with Crippen LogP contribution in [0.5, 0.6) is 0 Å². The lowest BCUT2D eigenvalue weighted by Gasteiger charge is -2.31. The first kappa shape index (κ1) is 23.2. The standard InChI is InChI=1S/C23H28Cl2N2O2/c1-5-21(23(29)26-15(2)3)27(14-17-10-11-19(24)20(25)12-17)22(28)13-18-9-7-6-8-16(18)4/h6-12,15,21H,5,13-14H2,1-4H3,(H,26,29)/t21-/m1/s1. The summed E-state index contributed by atoms with van der Waals surface area (Å²) in [5.74, 6) is -0.253. The molecule has 29 heavy (non-hydrogen) atoms. The van der Waals surface area contributed by atoms with Gasteiger partial charge < -0.3 is 10.2 Å². The van der Waals surface area contributed by atoms with Gasteiger partial charge in [0.1, 0.15) is 6.04 Å². The van der Waals surface area contributed by atoms with Crippen molar-refractivity contribution in [3.8, 4) is 0 Å². The SMILES string of the molecule is CC[C@H](C(=O)NC(C)C)N(Cc1ccc(Cl)c(Cl)c1)C(=O)Cc1ccccc1C. The summed E-state index contributed by atoms with van der Waals surface area (Å²) in [7, 11) is 0. The molecule has 2 amide bonds. The molecule has 2 aromatic rings. The number of rotatable bonds is 8. The molecule has 0 spiro atoms. The molecule has 0 unspecified atom stereocenters. The summed E-state index contributed by atoms with van der Waals surface area (Å²) in [5, 5.41) is 3.81. The van der Waals surface area contributed by atoms with Gasteiger partial charge in [-0.15, -0.1) is 0 Å². The van der Waals surface area contributed by atoms with Crippen molar-refractivity contribution in [3.63, 3.8) is 0 Å². The molecule has 2 aromatic carbocycles. The Morgan fingerprint density at radius 1 is 1.07 bits per heavy atom. The number of benzene rings is 2. The van der Waals surface area contributed by atoms with Gasteiger partial charge in [-0.05, 0) is 56.0 Å². The van der Waals surface area contributed by atoms with Crippen molar-refractivity contribution in [3.05, 3.63) is 69.2 Å². The zero-order valence-electron chi connectivity index (χ0n) is 17.3. The highest BCUT2D eigenvalue weighted by molar-refractivity contribution is 6.42. The minimum atomic E-state index is -0.566.